The van der Waals surface area contributed by atoms with Crippen molar-refractivity contribution in [1.29, 1.82) is 0 Å². The van der Waals surface area contributed by atoms with Gasteiger partial charge in [-0.05, 0) is 55.7 Å². The lowest BCUT2D eigenvalue weighted by molar-refractivity contribution is -0.139. The van der Waals surface area contributed by atoms with Crippen molar-refractivity contribution in [2.45, 2.75) is 44.7 Å². The Bertz CT molecular complexity index is 1320. The molecule has 0 aliphatic rings. The summed E-state index contributed by atoms with van der Waals surface area (Å²) in [5, 5.41) is 3.21. The van der Waals surface area contributed by atoms with Crippen LogP contribution in [-0.2, 0) is 26.2 Å². The lowest BCUT2D eigenvalue weighted by Crippen LogP contribution is -2.51. The molecule has 3 aromatic carbocycles. The number of nitrogens with one attached hydrogen (secondary N) is 1. The standard InChI is InChI=1S/C28H32ClN3O4S/c1-4-17-30-28(34)22(3)31(19-23-11-7-5-8-12-23)27(33)20-32(24-16-15-21(2)26(29)18-24)37(35,36)25-13-9-6-10-14-25/h5-16,18,22H,4,17,19-20H2,1-3H3,(H,30,34). The van der Waals surface area contributed by atoms with Crippen LogP contribution in [0.15, 0.2) is 83.8 Å². The SMILES string of the molecule is CCCNC(=O)C(C)N(Cc1ccccc1)C(=O)CN(c1ccc(C)c(Cl)c1)S(=O)(=O)c1ccccc1. The topological polar surface area (TPSA) is 86.8 Å². The fraction of sp³-hybridized carbons (Fsp3) is 0.286. The minimum atomic E-state index is -4.12. The summed E-state index contributed by atoms with van der Waals surface area (Å²) in [5.41, 5.74) is 1.86. The number of carbonyl (C=O) groups excluding carboxylic acids is 2. The molecule has 1 unspecified atom stereocenters. The Balaban J connectivity index is 2.02. The Kier molecular flexibility index (Phi) is 9.72. The van der Waals surface area contributed by atoms with Crippen molar-refractivity contribution < 1.29 is 18.0 Å². The summed E-state index contributed by atoms with van der Waals surface area (Å²) in [6.45, 7) is 5.52. The third-order valence-electron chi connectivity index (χ3n) is 5.97. The largest absolute Gasteiger partial charge is 0.354 e. The minimum absolute atomic E-state index is 0.0443. The average molecular weight is 542 g/mol. The summed E-state index contributed by atoms with van der Waals surface area (Å²) in [6, 6.07) is 21.2. The Morgan fingerprint density at radius 3 is 2.19 bits per heavy atom. The first-order valence-corrected chi connectivity index (χ1v) is 13.9. The molecule has 3 rings (SSSR count). The third-order valence-corrected chi connectivity index (χ3v) is 8.16. The molecule has 0 bridgehead atoms. The molecule has 0 aromatic heterocycles. The monoisotopic (exact) mass is 541 g/mol. The molecule has 0 spiro atoms. The molecule has 196 valence electrons. The molecule has 0 radical (unpaired) electrons. The van der Waals surface area contributed by atoms with Crippen LogP contribution in [0.5, 0.6) is 0 Å². The van der Waals surface area contributed by atoms with Gasteiger partial charge in [-0.2, -0.15) is 0 Å². The van der Waals surface area contributed by atoms with Crippen LogP contribution in [0.3, 0.4) is 0 Å². The van der Waals surface area contributed by atoms with Crippen molar-refractivity contribution in [2.24, 2.45) is 0 Å². The van der Waals surface area contributed by atoms with Gasteiger partial charge in [0.25, 0.3) is 10.0 Å². The minimum Gasteiger partial charge on any atom is -0.354 e. The van der Waals surface area contributed by atoms with Gasteiger partial charge in [-0.1, -0.05) is 73.1 Å². The maximum absolute atomic E-state index is 13.8. The van der Waals surface area contributed by atoms with Crippen molar-refractivity contribution in [3.8, 4) is 0 Å². The molecule has 3 aromatic rings. The van der Waals surface area contributed by atoms with E-state index in [2.05, 4.69) is 5.32 Å². The Hall–Kier alpha value is -3.36. The molecule has 0 heterocycles. The number of hydrogen-bond donors (Lipinski definition) is 1. The predicted molar refractivity (Wildman–Crippen MR) is 147 cm³/mol. The summed E-state index contributed by atoms with van der Waals surface area (Å²) < 4.78 is 28.5. The molecule has 1 atom stereocenters. The molecule has 37 heavy (non-hydrogen) atoms. The lowest BCUT2D eigenvalue weighted by Gasteiger charge is -2.32. The number of benzene rings is 3. The third kappa shape index (κ3) is 7.11. The van der Waals surface area contributed by atoms with E-state index in [0.29, 0.717) is 11.6 Å². The number of hydrogen-bond acceptors (Lipinski definition) is 4. The number of carbonyl (C=O) groups is 2. The van der Waals surface area contributed by atoms with E-state index in [1.54, 1.807) is 37.3 Å². The van der Waals surface area contributed by atoms with Crippen molar-refractivity contribution in [3.63, 3.8) is 0 Å². The van der Waals surface area contributed by atoms with Crippen molar-refractivity contribution in [2.75, 3.05) is 17.4 Å². The fourth-order valence-corrected chi connectivity index (χ4v) is 5.35. The van der Waals surface area contributed by atoms with Crippen LogP contribution in [0.1, 0.15) is 31.4 Å². The maximum atomic E-state index is 13.8. The van der Waals surface area contributed by atoms with Crippen molar-refractivity contribution in [1.82, 2.24) is 10.2 Å². The van der Waals surface area contributed by atoms with Gasteiger partial charge in [0.2, 0.25) is 11.8 Å². The highest BCUT2D eigenvalue weighted by atomic mass is 35.5. The molecule has 0 aliphatic heterocycles. The highest BCUT2D eigenvalue weighted by molar-refractivity contribution is 7.92. The molecule has 0 aliphatic carbocycles. The smallest absolute Gasteiger partial charge is 0.264 e. The van der Waals surface area contributed by atoms with Crippen molar-refractivity contribution in [3.05, 3.63) is 95.0 Å². The van der Waals surface area contributed by atoms with Gasteiger partial charge in [0.05, 0.1) is 10.6 Å². The first-order valence-electron chi connectivity index (χ1n) is 12.1. The lowest BCUT2D eigenvalue weighted by atomic mass is 10.1. The van der Waals surface area contributed by atoms with Gasteiger partial charge in [0, 0.05) is 18.1 Å². The molecule has 7 nitrogen and oxygen atoms in total. The van der Waals surface area contributed by atoms with Gasteiger partial charge < -0.3 is 10.2 Å². The van der Waals surface area contributed by atoms with E-state index in [9.17, 15) is 18.0 Å². The van der Waals surface area contributed by atoms with E-state index in [0.717, 1.165) is 21.9 Å². The maximum Gasteiger partial charge on any atom is 0.264 e. The molecule has 0 fully saturated rings. The van der Waals surface area contributed by atoms with E-state index in [4.69, 9.17) is 11.6 Å². The highest BCUT2D eigenvalue weighted by Crippen LogP contribution is 2.28. The summed E-state index contributed by atoms with van der Waals surface area (Å²) in [7, 11) is -4.12. The molecular formula is C28H32ClN3O4S. The van der Waals surface area contributed by atoms with E-state index >= 15 is 0 Å². The number of halogens is 1. The van der Waals surface area contributed by atoms with E-state index in [-0.39, 0.29) is 23.0 Å². The summed E-state index contributed by atoms with van der Waals surface area (Å²) in [4.78, 5) is 28.1. The average Bonchev–Trinajstić information content (AvgIpc) is 2.91. The van der Waals surface area contributed by atoms with Crippen LogP contribution >= 0.6 is 11.6 Å². The van der Waals surface area contributed by atoms with Gasteiger partial charge in [-0.15, -0.1) is 0 Å². The predicted octanol–water partition coefficient (Wildman–Crippen LogP) is 4.79. The zero-order chi connectivity index (χ0) is 27.0. The van der Waals surface area contributed by atoms with Crippen LogP contribution in [0, 0.1) is 6.92 Å². The van der Waals surface area contributed by atoms with Crippen LogP contribution in [0.2, 0.25) is 5.02 Å². The summed E-state index contributed by atoms with van der Waals surface area (Å²) in [6.07, 6.45) is 0.752. The zero-order valence-electron chi connectivity index (χ0n) is 21.2. The van der Waals surface area contributed by atoms with Gasteiger partial charge in [-0.25, -0.2) is 8.42 Å². The quantitative estimate of drug-likeness (QED) is 0.378. The molecule has 0 saturated heterocycles. The first kappa shape index (κ1) is 28.2. The van der Waals surface area contributed by atoms with Gasteiger partial charge in [0.15, 0.2) is 0 Å². The van der Waals surface area contributed by atoms with E-state index in [1.807, 2.05) is 44.2 Å². The second-order valence-electron chi connectivity index (χ2n) is 8.73. The Labute approximate surface area is 224 Å². The molecule has 9 heteroatoms. The van der Waals surface area contributed by atoms with Gasteiger partial charge >= 0.3 is 0 Å². The number of nitrogens with zero attached hydrogens (tertiary/aromatic N) is 2. The second-order valence-corrected chi connectivity index (χ2v) is 11.0. The molecule has 1 N–H and O–H groups in total. The van der Waals surface area contributed by atoms with Crippen LogP contribution in [0.4, 0.5) is 5.69 Å². The van der Waals surface area contributed by atoms with Crippen LogP contribution in [0.25, 0.3) is 0 Å². The van der Waals surface area contributed by atoms with E-state index in [1.165, 1.54) is 23.1 Å². The van der Waals surface area contributed by atoms with Crippen LogP contribution < -0.4 is 9.62 Å². The van der Waals surface area contributed by atoms with Gasteiger partial charge in [-0.3, -0.25) is 13.9 Å². The van der Waals surface area contributed by atoms with Crippen molar-refractivity contribution >= 4 is 39.1 Å². The molecule has 2 amide bonds. The zero-order valence-corrected chi connectivity index (χ0v) is 22.8. The fourth-order valence-electron chi connectivity index (χ4n) is 3.74. The molecular weight excluding hydrogens is 510 g/mol. The number of amides is 2. The Morgan fingerprint density at radius 2 is 1.59 bits per heavy atom. The molecule has 0 saturated carbocycles. The Morgan fingerprint density at radius 1 is 0.973 bits per heavy atom. The number of rotatable bonds is 11. The summed E-state index contributed by atoms with van der Waals surface area (Å²) >= 11 is 6.33. The number of aryl methyl sites for hydroxylation is 1. The first-order chi connectivity index (χ1) is 17.6. The summed E-state index contributed by atoms with van der Waals surface area (Å²) in [5.74, 6) is -0.818. The normalized spacial score (nSPS) is 12.0. The van der Waals surface area contributed by atoms with E-state index < -0.39 is 28.5 Å². The highest BCUT2D eigenvalue weighted by Gasteiger charge is 2.32. The van der Waals surface area contributed by atoms with Crippen LogP contribution in [-0.4, -0.2) is 44.3 Å². The number of anilines is 1. The second kappa shape index (κ2) is 12.7. The van der Waals surface area contributed by atoms with Gasteiger partial charge in [0.1, 0.15) is 12.6 Å². The number of sulfonamides is 1.